The van der Waals surface area contributed by atoms with Crippen molar-refractivity contribution in [2.24, 2.45) is 7.05 Å². The van der Waals surface area contributed by atoms with Crippen molar-refractivity contribution in [1.29, 1.82) is 0 Å². The fourth-order valence-corrected chi connectivity index (χ4v) is 4.24. The number of sulfonamides is 1. The number of nitrogens with zero attached hydrogens (tertiary/aromatic N) is 4. The van der Waals surface area contributed by atoms with Gasteiger partial charge in [-0.25, -0.2) is 13.4 Å². The molecule has 0 aromatic carbocycles. The standard InChI is InChI=1S/C17H23N5O4S/c1-4-26-15-8-7-13(11-18-15)27(24,25)20-14-6-5-9-22(17(14)23)16-10-12(2)19-21(16)3/h7-8,10-11,14,20H,4-6,9H2,1-3H3/t14-/m1/s1. The number of anilines is 1. The normalized spacial score (nSPS) is 18.0. The van der Waals surface area contributed by atoms with Crippen LogP contribution >= 0.6 is 0 Å². The van der Waals surface area contributed by atoms with Gasteiger partial charge in [-0.15, -0.1) is 0 Å². The summed E-state index contributed by atoms with van der Waals surface area (Å²) in [6.45, 7) is 4.63. The van der Waals surface area contributed by atoms with E-state index in [1.807, 2.05) is 19.9 Å². The molecule has 0 saturated carbocycles. The molecule has 1 aliphatic heterocycles. The van der Waals surface area contributed by atoms with Gasteiger partial charge in [0.15, 0.2) is 0 Å². The van der Waals surface area contributed by atoms with E-state index < -0.39 is 16.1 Å². The Balaban J connectivity index is 1.77. The number of pyridine rings is 1. The van der Waals surface area contributed by atoms with E-state index in [1.54, 1.807) is 16.6 Å². The number of carbonyl (C=O) groups is 1. The minimum absolute atomic E-state index is 0.00717. The van der Waals surface area contributed by atoms with Gasteiger partial charge in [-0.2, -0.15) is 9.82 Å². The van der Waals surface area contributed by atoms with Gasteiger partial charge in [0.05, 0.1) is 18.5 Å². The first-order valence-electron chi connectivity index (χ1n) is 8.75. The summed E-state index contributed by atoms with van der Waals surface area (Å²) >= 11 is 0. The molecule has 0 spiro atoms. The third kappa shape index (κ3) is 4.11. The average molecular weight is 393 g/mol. The lowest BCUT2D eigenvalue weighted by molar-refractivity contribution is -0.121. The number of rotatable bonds is 6. The summed E-state index contributed by atoms with van der Waals surface area (Å²) in [5.74, 6) is 0.721. The van der Waals surface area contributed by atoms with Gasteiger partial charge in [0.2, 0.25) is 21.8 Å². The van der Waals surface area contributed by atoms with E-state index in [0.717, 1.165) is 5.69 Å². The Morgan fingerprint density at radius 3 is 2.74 bits per heavy atom. The topological polar surface area (TPSA) is 106 Å². The van der Waals surface area contributed by atoms with Crippen LogP contribution in [0.1, 0.15) is 25.5 Å². The van der Waals surface area contributed by atoms with Crippen LogP contribution in [-0.4, -0.2) is 48.3 Å². The molecule has 146 valence electrons. The highest BCUT2D eigenvalue weighted by Gasteiger charge is 2.34. The van der Waals surface area contributed by atoms with E-state index in [2.05, 4.69) is 14.8 Å². The Hall–Kier alpha value is -2.46. The molecule has 3 rings (SSSR count). The van der Waals surface area contributed by atoms with Crippen LogP contribution in [0, 0.1) is 6.92 Å². The smallest absolute Gasteiger partial charge is 0.246 e. The van der Waals surface area contributed by atoms with Gasteiger partial charge >= 0.3 is 0 Å². The number of aromatic nitrogens is 3. The molecule has 0 aliphatic carbocycles. The number of hydrogen-bond donors (Lipinski definition) is 1. The zero-order valence-corrected chi connectivity index (χ0v) is 16.4. The number of hydrogen-bond acceptors (Lipinski definition) is 6. The molecule has 1 fully saturated rings. The van der Waals surface area contributed by atoms with Crippen molar-refractivity contribution in [3.8, 4) is 5.88 Å². The van der Waals surface area contributed by atoms with Gasteiger partial charge in [-0.05, 0) is 32.8 Å². The molecule has 0 radical (unpaired) electrons. The maximum Gasteiger partial charge on any atom is 0.246 e. The zero-order chi connectivity index (χ0) is 19.6. The molecule has 1 atom stereocenters. The summed E-state index contributed by atoms with van der Waals surface area (Å²) < 4.78 is 34.7. The van der Waals surface area contributed by atoms with E-state index in [4.69, 9.17) is 4.74 Å². The largest absolute Gasteiger partial charge is 0.478 e. The summed E-state index contributed by atoms with van der Waals surface area (Å²) in [5.41, 5.74) is 0.795. The van der Waals surface area contributed by atoms with Crippen LogP contribution < -0.4 is 14.4 Å². The highest BCUT2D eigenvalue weighted by Crippen LogP contribution is 2.23. The molecule has 2 aromatic heterocycles. The zero-order valence-electron chi connectivity index (χ0n) is 15.5. The van der Waals surface area contributed by atoms with Gasteiger partial charge in [0.25, 0.3) is 0 Å². The van der Waals surface area contributed by atoms with Crippen LogP contribution in [0.2, 0.25) is 0 Å². The van der Waals surface area contributed by atoms with Crippen molar-refractivity contribution >= 4 is 21.7 Å². The summed E-state index contributed by atoms with van der Waals surface area (Å²) in [6.07, 6.45) is 2.35. The Morgan fingerprint density at radius 2 is 2.15 bits per heavy atom. The highest BCUT2D eigenvalue weighted by atomic mass is 32.2. The Labute approximate surface area is 158 Å². The Bertz CT molecular complexity index is 923. The number of nitrogens with one attached hydrogen (secondary N) is 1. The maximum atomic E-state index is 12.9. The molecule has 0 unspecified atom stereocenters. The number of ether oxygens (including phenoxy) is 1. The summed E-state index contributed by atoms with van der Waals surface area (Å²) in [7, 11) is -2.11. The summed E-state index contributed by atoms with van der Waals surface area (Å²) in [6, 6.07) is 3.89. The van der Waals surface area contributed by atoms with Crippen molar-refractivity contribution in [2.45, 2.75) is 37.6 Å². The van der Waals surface area contributed by atoms with Crippen molar-refractivity contribution in [2.75, 3.05) is 18.1 Å². The number of aryl methyl sites for hydroxylation is 2. The summed E-state index contributed by atoms with van der Waals surface area (Å²) in [4.78, 5) is 18.4. The van der Waals surface area contributed by atoms with E-state index in [9.17, 15) is 13.2 Å². The first-order valence-corrected chi connectivity index (χ1v) is 10.2. The fraction of sp³-hybridized carbons (Fsp3) is 0.471. The van der Waals surface area contributed by atoms with Crippen molar-refractivity contribution < 1.29 is 17.9 Å². The lowest BCUT2D eigenvalue weighted by atomic mass is 10.1. The minimum Gasteiger partial charge on any atom is -0.478 e. The SMILES string of the molecule is CCOc1ccc(S(=O)(=O)N[C@@H]2CCCN(c3cc(C)nn3C)C2=O)cn1. The second-order valence-electron chi connectivity index (χ2n) is 6.34. The fourth-order valence-electron chi connectivity index (χ4n) is 3.08. The van der Waals surface area contributed by atoms with Gasteiger partial charge in [-0.3, -0.25) is 14.4 Å². The minimum atomic E-state index is -3.87. The summed E-state index contributed by atoms with van der Waals surface area (Å²) in [5, 5.41) is 4.26. The lowest BCUT2D eigenvalue weighted by Crippen LogP contribution is -2.52. The van der Waals surface area contributed by atoms with E-state index in [0.29, 0.717) is 37.7 Å². The second-order valence-corrected chi connectivity index (χ2v) is 8.05. The van der Waals surface area contributed by atoms with E-state index in [1.165, 1.54) is 18.3 Å². The molecule has 10 heteroatoms. The first kappa shape index (κ1) is 19.3. The first-order chi connectivity index (χ1) is 12.8. The Morgan fingerprint density at radius 1 is 1.37 bits per heavy atom. The van der Waals surface area contributed by atoms with Crippen molar-refractivity contribution in [3.05, 3.63) is 30.1 Å². The monoisotopic (exact) mass is 393 g/mol. The van der Waals surface area contributed by atoms with Crippen LogP contribution in [-0.2, 0) is 21.9 Å². The molecule has 1 amide bonds. The third-order valence-corrected chi connectivity index (χ3v) is 5.76. The molecule has 0 bridgehead atoms. The van der Waals surface area contributed by atoms with Crippen LogP contribution in [0.15, 0.2) is 29.3 Å². The highest BCUT2D eigenvalue weighted by molar-refractivity contribution is 7.89. The third-order valence-electron chi connectivity index (χ3n) is 4.30. The average Bonchev–Trinajstić information content (AvgIpc) is 2.95. The van der Waals surface area contributed by atoms with Gasteiger partial charge in [0.1, 0.15) is 16.8 Å². The van der Waals surface area contributed by atoms with E-state index >= 15 is 0 Å². The molecule has 2 aromatic rings. The van der Waals surface area contributed by atoms with Crippen molar-refractivity contribution in [3.63, 3.8) is 0 Å². The molecule has 9 nitrogen and oxygen atoms in total. The van der Waals surface area contributed by atoms with Gasteiger partial charge < -0.3 is 4.74 Å². The lowest BCUT2D eigenvalue weighted by Gasteiger charge is -2.32. The second kappa shape index (κ2) is 7.65. The van der Waals surface area contributed by atoms with Crippen LogP contribution in [0.3, 0.4) is 0 Å². The van der Waals surface area contributed by atoms with Crippen LogP contribution in [0.5, 0.6) is 5.88 Å². The molecular weight excluding hydrogens is 370 g/mol. The maximum absolute atomic E-state index is 12.9. The van der Waals surface area contributed by atoms with Crippen molar-refractivity contribution in [1.82, 2.24) is 19.5 Å². The number of carbonyl (C=O) groups excluding carboxylic acids is 1. The predicted octanol–water partition coefficient (Wildman–Crippen LogP) is 0.996. The van der Waals surface area contributed by atoms with Crippen LogP contribution in [0.25, 0.3) is 0 Å². The predicted molar refractivity (Wildman–Crippen MR) is 99.0 cm³/mol. The van der Waals surface area contributed by atoms with Gasteiger partial charge in [0, 0.05) is 25.7 Å². The number of amides is 1. The Kier molecular flexibility index (Phi) is 5.47. The number of piperidine rings is 1. The molecular formula is C17H23N5O4S. The van der Waals surface area contributed by atoms with Crippen LogP contribution in [0.4, 0.5) is 5.82 Å². The quantitative estimate of drug-likeness (QED) is 0.785. The van der Waals surface area contributed by atoms with Gasteiger partial charge in [-0.1, -0.05) is 0 Å². The molecule has 1 saturated heterocycles. The van der Waals surface area contributed by atoms with E-state index in [-0.39, 0.29) is 10.8 Å². The molecule has 27 heavy (non-hydrogen) atoms. The molecule has 3 heterocycles. The molecule has 1 N–H and O–H groups in total. The molecule has 1 aliphatic rings.